The van der Waals surface area contributed by atoms with E-state index in [1.54, 1.807) is 103 Å². The number of methoxy groups -OCH3 is 1. The fourth-order valence-electron chi connectivity index (χ4n) is 6.19. The smallest absolute Gasteiger partial charge is 0.294 e. The van der Waals surface area contributed by atoms with Gasteiger partial charge in [-0.3, -0.25) is 4.55 Å². The first-order valence-electron chi connectivity index (χ1n) is 18.0. The minimum absolute atomic E-state index is 0. The normalized spacial score (nSPS) is 12.1. The minimum Gasteiger partial charge on any atom is -0.505 e. The Kier molecular flexibility index (Phi) is 14.3. The summed E-state index contributed by atoms with van der Waals surface area (Å²) in [4.78, 5) is 2.07. The van der Waals surface area contributed by atoms with E-state index in [1.807, 2.05) is 6.92 Å². The molecule has 8 rings (SSSR count). The van der Waals surface area contributed by atoms with Gasteiger partial charge in [-0.1, -0.05) is 22.2 Å². The Bertz CT molecular complexity index is 3210. The average molecular weight is 971 g/mol. The molecule has 1 heterocycles. The van der Waals surface area contributed by atoms with Crippen molar-refractivity contribution < 1.29 is 69.1 Å². The standard InChI is InChI=1S/C40H29N9O11S3.Cu/c1-22-17-35(36(56-2)21-34(22)44-43-26-6-4-25(5-7-26)41-42-27-8-11-29(12-9-27)61-59-57-51)45-46-39-37(62-60-58-52)20-24-18-28(10-14-32(24)40(39)50)49-47-33-16-3-23-19-30(63(53,54)55)13-15-31(23)38(33)48-49;/h3-21,50-52H,1-2H3,(H,53,54,55);. The van der Waals surface area contributed by atoms with Crippen molar-refractivity contribution in [3.05, 3.63) is 121 Å². The van der Waals surface area contributed by atoms with Crippen molar-refractivity contribution in [2.24, 2.45) is 30.7 Å². The molecule has 24 heteroatoms. The number of nitrogens with zero attached hydrogens (tertiary/aromatic N) is 9. The van der Waals surface area contributed by atoms with E-state index in [2.05, 4.69) is 55.3 Å². The van der Waals surface area contributed by atoms with Crippen LogP contribution in [0.25, 0.3) is 38.3 Å². The second-order valence-corrected chi connectivity index (χ2v) is 16.1. The van der Waals surface area contributed by atoms with Crippen LogP contribution in [0, 0.1) is 6.92 Å². The van der Waals surface area contributed by atoms with Crippen LogP contribution in [0.3, 0.4) is 0 Å². The van der Waals surface area contributed by atoms with Gasteiger partial charge in [0.15, 0.2) is 5.75 Å². The zero-order chi connectivity index (χ0) is 44.1. The third-order valence-electron chi connectivity index (χ3n) is 9.21. The third kappa shape index (κ3) is 10.2. The van der Waals surface area contributed by atoms with Crippen molar-refractivity contribution in [2.45, 2.75) is 21.6 Å². The molecule has 4 N–H and O–H groups in total. The molecule has 20 nitrogen and oxygen atoms in total. The van der Waals surface area contributed by atoms with Crippen LogP contribution in [0.2, 0.25) is 0 Å². The van der Waals surface area contributed by atoms with Gasteiger partial charge in [0, 0.05) is 38.8 Å². The number of fused-ring (bicyclic) bond motifs is 4. The van der Waals surface area contributed by atoms with E-state index >= 15 is 0 Å². The van der Waals surface area contributed by atoms with Crippen molar-refractivity contribution in [1.29, 1.82) is 0 Å². The molecular weight excluding hydrogens is 942 g/mol. The zero-order valence-electron chi connectivity index (χ0n) is 32.7. The zero-order valence-corrected chi connectivity index (χ0v) is 36.1. The van der Waals surface area contributed by atoms with Crippen LogP contribution in [0.1, 0.15) is 5.56 Å². The number of ether oxygens (including phenoxy) is 1. The predicted octanol–water partition coefficient (Wildman–Crippen LogP) is 12.1. The maximum atomic E-state index is 11.7. The van der Waals surface area contributed by atoms with E-state index in [1.165, 1.54) is 24.0 Å². The van der Waals surface area contributed by atoms with Gasteiger partial charge < -0.3 is 9.84 Å². The van der Waals surface area contributed by atoms with E-state index in [-0.39, 0.29) is 38.3 Å². The Morgan fingerprint density at radius 2 is 1.30 bits per heavy atom. The number of hydrogen-bond acceptors (Lipinski definition) is 20. The number of aromatic nitrogens is 3. The fraction of sp³-hybridized carbons (Fsp3) is 0.0500. The molecule has 0 bridgehead atoms. The molecule has 0 spiro atoms. The van der Waals surface area contributed by atoms with Crippen LogP contribution >= 0.6 is 24.1 Å². The van der Waals surface area contributed by atoms with Crippen LogP contribution in [-0.2, 0) is 45.9 Å². The van der Waals surface area contributed by atoms with E-state index in [4.69, 9.17) is 19.6 Å². The molecule has 0 saturated carbocycles. The summed E-state index contributed by atoms with van der Waals surface area (Å²) in [5, 5.41) is 73.5. The maximum Gasteiger partial charge on any atom is 0.294 e. The topological polar surface area (TPSA) is 266 Å². The summed E-state index contributed by atoms with van der Waals surface area (Å²) in [5.41, 5.74) is 4.80. The van der Waals surface area contributed by atoms with Crippen LogP contribution < -0.4 is 4.74 Å². The molecular formula is C40H29CuN9O11S3. The van der Waals surface area contributed by atoms with Gasteiger partial charge >= 0.3 is 0 Å². The molecule has 64 heavy (non-hydrogen) atoms. The van der Waals surface area contributed by atoms with E-state index in [0.717, 1.165) is 12.0 Å². The largest absolute Gasteiger partial charge is 0.505 e. The molecule has 8 aromatic rings. The Morgan fingerprint density at radius 3 is 1.97 bits per heavy atom. The monoisotopic (exact) mass is 970 g/mol. The maximum absolute atomic E-state index is 11.7. The van der Waals surface area contributed by atoms with Gasteiger partial charge in [-0.2, -0.15) is 33.7 Å². The van der Waals surface area contributed by atoms with E-state index in [9.17, 15) is 18.1 Å². The molecule has 0 amide bonds. The summed E-state index contributed by atoms with van der Waals surface area (Å²) in [6, 6.07) is 31.5. The van der Waals surface area contributed by atoms with Gasteiger partial charge in [0.25, 0.3) is 10.1 Å². The molecule has 7 aromatic carbocycles. The average Bonchev–Trinajstić information content (AvgIpc) is 3.74. The Morgan fingerprint density at radius 1 is 0.656 bits per heavy atom. The first-order chi connectivity index (χ1) is 30.5. The van der Waals surface area contributed by atoms with Crippen molar-refractivity contribution in [3.63, 3.8) is 0 Å². The van der Waals surface area contributed by atoms with Crippen molar-refractivity contribution in [3.8, 4) is 17.2 Å². The van der Waals surface area contributed by atoms with Gasteiger partial charge in [0.2, 0.25) is 0 Å². The molecule has 0 fully saturated rings. The van der Waals surface area contributed by atoms with Crippen LogP contribution in [0.5, 0.6) is 11.5 Å². The van der Waals surface area contributed by atoms with Crippen molar-refractivity contribution in [1.82, 2.24) is 15.0 Å². The Balaban J connectivity index is 0.00000612. The van der Waals surface area contributed by atoms with Gasteiger partial charge in [-0.05, 0) is 120 Å². The van der Waals surface area contributed by atoms with Gasteiger partial charge in [0.1, 0.15) is 28.2 Å². The SMILES string of the molecule is COc1cc(N=Nc2ccc(N=Nc3ccc(SOOO)cc3)cc2)c(C)cc1N=Nc1c(SOOO)cc2cc(-n3nc4ccc5cc(S(=O)(=O)O)ccc5c4n3)ccc2c1O.[Cu]. The molecule has 0 aliphatic heterocycles. The summed E-state index contributed by atoms with van der Waals surface area (Å²) in [7, 11) is -2.93. The van der Waals surface area contributed by atoms with E-state index < -0.39 is 10.1 Å². The first-order valence-corrected chi connectivity index (χ1v) is 20.9. The summed E-state index contributed by atoms with van der Waals surface area (Å²) < 4.78 is 47.6. The predicted molar refractivity (Wildman–Crippen MR) is 230 cm³/mol. The number of rotatable bonds is 15. The quantitative estimate of drug-likeness (QED) is 0.0186. The summed E-state index contributed by atoms with van der Waals surface area (Å²) >= 11 is 1.42. The van der Waals surface area contributed by atoms with Crippen LogP contribution in [0.4, 0.5) is 34.1 Å². The molecule has 0 aliphatic rings. The minimum atomic E-state index is -4.40. The third-order valence-corrected chi connectivity index (χ3v) is 11.3. The molecule has 329 valence electrons. The molecule has 0 aliphatic carbocycles. The number of aryl methyl sites for hydroxylation is 1. The number of hydrogen-bond donors (Lipinski definition) is 4. The number of phenolic OH excluding ortho intramolecular Hbond substituents is 1. The van der Waals surface area contributed by atoms with Gasteiger partial charge in [-0.15, -0.1) is 29.1 Å². The second-order valence-electron chi connectivity index (χ2n) is 13.1. The Labute approximate surface area is 380 Å². The summed E-state index contributed by atoms with van der Waals surface area (Å²) in [6.07, 6.45) is 0. The second kappa shape index (κ2) is 20.1. The van der Waals surface area contributed by atoms with Crippen molar-refractivity contribution in [2.75, 3.05) is 7.11 Å². The summed E-state index contributed by atoms with van der Waals surface area (Å²) in [6.45, 7) is 1.81. The number of azo groups is 3. The number of benzene rings is 7. The summed E-state index contributed by atoms with van der Waals surface area (Å²) in [5.74, 6) is 0.0593. The molecule has 0 saturated heterocycles. The van der Waals surface area contributed by atoms with Crippen LogP contribution in [-0.4, -0.2) is 50.7 Å². The fourth-order valence-corrected chi connectivity index (χ4v) is 7.55. The Hall–Kier alpha value is -6.25. The van der Waals surface area contributed by atoms with Gasteiger partial charge in [-0.25, -0.2) is 10.5 Å². The first kappa shape index (κ1) is 45.8. The number of aromatic hydroxyl groups is 1. The molecule has 0 atom stereocenters. The van der Waals surface area contributed by atoms with Crippen molar-refractivity contribution >= 4 is 101 Å². The van der Waals surface area contributed by atoms with Gasteiger partial charge in [0.05, 0.1) is 69.4 Å². The van der Waals surface area contributed by atoms with E-state index in [0.29, 0.717) is 95.0 Å². The van der Waals surface area contributed by atoms with Crippen LogP contribution in [0.15, 0.2) is 161 Å². The molecule has 0 unspecified atom stereocenters. The molecule has 1 aromatic heterocycles. The molecule has 1 radical (unpaired) electrons. The number of phenols is 1.